The van der Waals surface area contributed by atoms with Crippen LogP contribution in [0.3, 0.4) is 0 Å². The first-order valence-electron chi connectivity index (χ1n) is 8.75. The quantitative estimate of drug-likeness (QED) is 0.893. The molecule has 132 valence electrons. The van der Waals surface area contributed by atoms with E-state index in [1.54, 1.807) is 11.8 Å². The molecule has 1 aromatic rings. The van der Waals surface area contributed by atoms with Crippen molar-refractivity contribution in [3.05, 3.63) is 35.4 Å². The van der Waals surface area contributed by atoms with E-state index in [1.165, 1.54) is 0 Å². The summed E-state index contributed by atoms with van der Waals surface area (Å²) in [5, 5.41) is 0. The molecule has 1 saturated heterocycles. The lowest BCUT2D eigenvalue weighted by Gasteiger charge is -2.38. The summed E-state index contributed by atoms with van der Waals surface area (Å²) < 4.78 is 0. The van der Waals surface area contributed by atoms with Crippen molar-refractivity contribution in [1.29, 1.82) is 0 Å². The number of carbonyl (C=O) groups is 2. The fourth-order valence-corrected chi connectivity index (χ4v) is 3.23. The van der Waals surface area contributed by atoms with E-state index in [4.69, 9.17) is 5.73 Å². The van der Waals surface area contributed by atoms with Crippen LogP contribution in [0.15, 0.2) is 24.3 Å². The highest BCUT2D eigenvalue weighted by Crippen LogP contribution is 2.16. The van der Waals surface area contributed by atoms with Crippen LogP contribution in [0.5, 0.6) is 0 Å². The van der Waals surface area contributed by atoms with Crippen molar-refractivity contribution < 1.29 is 9.59 Å². The minimum Gasteiger partial charge on any atom is -0.339 e. The Morgan fingerprint density at radius 1 is 1.12 bits per heavy atom. The molecule has 0 aliphatic carbocycles. The standard InChI is InChI=1S/C19H29N3O2/c1-4-9-19(3,20)18(24)22-12-10-21(11-13-22)17(23)14-16-8-6-5-7-15(16)2/h5-8H,4,9-14,20H2,1-3H3. The Balaban J connectivity index is 1.89. The zero-order valence-electron chi connectivity index (χ0n) is 15.0. The molecule has 1 aliphatic rings. The molecule has 0 bridgehead atoms. The maximum absolute atomic E-state index is 12.5. The maximum atomic E-state index is 12.5. The second kappa shape index (κ2) is 7.79. The molecule has 0 radical (unpaired) electrons. The molecule has 2 amide bonds. The number of hydrogen-bond acceptors (Lipinski definition) is 3. The summed E-state index contributed by atoms with van der Waals surface area (Å²) in [6.45, 7) is 8.14. The largest absolute Gasteiger partial charge is 0.339 e. The van der Waals surface area contributed by atoms with E-state index in [9.17, 15) is 9.59 Å². The molecule has 24 heavy (non-hydrogen) atoms. The monoisotopic (exact) mass is 331 g/mol. The third kappa shape index (κ3) is 4.35. The molecule has 1 atom stereocenters. The molecule has 5 heteroatoms. The van der Waals surface area contributed by atoms with E-state index in [1.807, 2.05) is 43.0 Å². The molecule has 0 aromatic heterocycles. The maximum Gasteiger partial charge on any atom is 0.242 e. The minimum absolute atomic E-state index is 0.00430. The second-order valence-corrected chi connectivity index (χ2v) is 6.94. The summed E-state index contributed by atoms with van der Waals surface area (Å²) in [6.07, 6.45) is 1.98. The summed E-state index contributed by atoms with van der Waals surface area (Å²) in [7, 11) is 0. The normalized spacial score (nSPS) is 17.5. The van der Waals surface area contributed by atoms with Gasteiger partial charge in [0.05, 0.1) is 12.0 Å². The van der Waals surface area contributed by atoms with Gasteiger partial charge in [-0.2, -0.15) is 0 Å². The number of rotatable bonds is 5. The first-order valence-corrected chi connectivity index (χ1v) is 8.75. The van der Waals surface area contributed by atoms with Crippen LogP contribution in [0.2, 0.25) is 0 Å². The van der Waals surface area contributed by atoms with E-state index in [0.29, 0.717) is 39.0 Å². The third-order valence-electron chi connectivity index (χ3n) is 4.78. The van der Waals surface area contributed by atoms with Crippen molar-refractivity contribution in [3.8, 4) is 0 Å². The predicted molar refractivity (Wildman–Crippen MR) is 95.5 cm³/mol. The van der Waals surface area contributed by atoms with Gasteiger partial charge in [-0.25, -0.2) is 0 Å². The lowest BCUT2D eigenvalue weighted by molar-refractivity contribution is -0.142. The Morgan fingerprint density at radius 2 is 1.71 bits per heavy atom. The number of benzene rings is 1. The summed E-state index contributed by atoms with van der Waals surface area (Å²) >= 11 is 0. The third-order valence-corrected chi connectivity index (χ3v) is 4.78. The Morgan fingerprint density at radius 3 is 2.29 bits per heavy atom. The van der Waals surface area contributed by atoms with Gasteiger partial charge in [0.2, 0.25) is 11.8 Å². The van der Waals surface area contributed by atoms with E-state index in [0.717, 1.165) is 17.5 Å². The van der Waals surface area contributed by atoms with Crippen molar-refractivity contribution in [2.75, 3.05) is 26.2 Å². The van der Waals surface area contributed by atoms with Crippen molar-refractivity contribution >= 4 is 11.8 Å². The van der Waals surface area contributed by atoms with Crippen molar-refractivity contribution in [2.24, 2.45) is 5.73 Å². The van der Waals surface area contributed by atoms with Gasteiger partial charge in [-0.3, -0.25) is 9.59 Å². The summed E-state index contributed by atoms with van der Waals surface area (Å²) in [5.74, 6) is 0.121. The van der Waals surface area contributed by atoms with E-state index >= 15 is 0 Å². The lowest BCUT2D eigenvalue weighted by Crippen LogP contribution is -2.58. The Bertz CT molecular complexity index is 590. The molecular formula is C19H29N3O2. The van der Waals surface area contributed by atoms with Gasteiger partial charge in [-0.1, -0.05) is 37.6 Å². The van der Waals surface area contributed by atoms with Gasteiger partial charge in [-0.05, 0) is 31.4 Å². The first kappa shape index (κ1) is 18.5. The van der Waals surface area contributed by atoms with E-state index < -0.39 is 5.54 Å². The van der Waals surface area contributed by atoms with Crippen LogP contribution in [-0.2, 0) is 16.0 Å². The fraction of sp³-hybridized carbons (Fsp3) is 0.579. The number of carbonyl (C=O) groups excluding carboxylic acids is 2. The Hall–Kier alpha value is -1.88. The number of amides is 2. The highest BCUT2D eigenvalue weighted by Gasteiger charge is 2.34. The highest BCUT2D eigenvalue weighted by molar-refractivity contribution is 5.86. The van der Waals surface area contributed by atoms with Gasteiger partial charge < -0.3 is 15.5 Å². The van der Waals surface area contributed by atoms with E-state index in [-0.39, 0.29) is 11.8 Å². The molecule has 1 unspecified atom stereocenters. The van der Waals surface area contributed by atoms with Gasteiger partial charge in [0.1, 0.15) is 0 Å². The summed E-state index contributed by atoms with van der Waals surface area (Å²) in [5.41, 5.74) is 7.54. The number of nitrogens with zero attached hydrogens (tertiary/aromatic N) is 2. The topological polar surface area (TPSA) is 66.6 Å². The van der Waals surface area contributed by atoms with Gasteiger partial charge in [-0.15, -0.1) is 0 Å². The van der Waals surface area contributed by atoms with Crippen LogP contribution in [0.1, 0.15) is 37.8 Å². The number of hydrogen-bond donors (Lipinski definition) is 1. The van der Waals surface area contributed by atoms with Gasteiger partial charge in [0, 0.05) is 26.2 Å². The summed E-state index contributed by atoms with van der Waals surface area (Å²) in [4.78, 5) is 28.7. The molecule has 1 heterocycles. The first-order chi connectivity index (χ1) is 11.3. The van der Waals surface area contributed by atoms with Crippen LogP contribution in [0.4, 0.5) is 0 Å². The molecular weight excluding hydrogens is 302 g/mol. The highest BCUT2D eigenvalue weighted by atomic mass is 16.2. The fourth-order valence-electron chi connectivity index (χ4n) is 3.23. The zero-order chi connectivity index (χ0) is 17.7. The number of aryl methyl sites for hydroxylation is 1. The van der Waals surface area contributed by atoms with Crippen LogP contribution in [-0.4, -0.2) is 53.3 Å². The average Bonchev–Trinajstić information content (AvgIpc) is 2.56. The van der Waals surface area contributed by atoms with Crippen molar-refractivity contribution in [3.63, 3.8) is 0 Å². The van der Waals surface area contributed by atoms with Crippen LogP contribution in [0, 0.1) is 6.92 Å². The van der Waals surface area contributed by atoms with Crippen LogP contribution in [0.25, 0.3) is 0 Å². The van der Waals surface area contributed by atoms with E-state index in [2.05, 4.69) is 0 Å². The average molecular weight is 331 g/mol. The van der Waals surface area contributed by atoms with Crippen molar-refractivity contribution in [1.82, 2.24) is 9.80 Å². The number of nitrogens with two attached hydrogens (primary N) is 1. The molecule has 0 saturated carbocycles. The van der Waals surface area contributed by atoms with Gasteiger partial charge in [0.15, 0.2) is 0 Å². The molecule has 1 aromatic carbocycles. The lowest BCUT2D eigenvalue weighted by atomic mass is 9.95. The smallest absolute Gasteiger partial charge is 0.242 e. The Kier molecular flexibility index (Phi) is 5.99. The second-order valence-electron chi connectivity index (χ2n) is 6.94. The van der Waals surface area contributed by atoms with Gasteiger partial charge in [0.25, 0.3) is 0 Å². The summed E-state index contributed by atoms with van der Waals surface area (Å²) in [6, 6.07) is 7.96. The molecule has 0 spiro atoms. The molecule has 2 rings (SSSR count). The minimum atomic E-state index is -0.803. The SMILES string of the molecule is CCCC(C)(N)C(=O)N1CCN(C(=O)Cc2ccccc2C)CC1. The zero-order valence-corrected chi connectivity index (χ0v) is 15.0. The van der Waals surface area contributed by atoms with Crippen LogP contribution >= 0.6 is 0 Å². The molecule has 1 aliphatic heterocycles. The number of piperazine rings is 1. The molecule has 5 nitrogen and oxygen atoms in total. The predicted octanol–water partition coefficient (Wildman–Crippen LogP) is 1.73. The van der Waals surface area contributed by atoms with Crippen molar-refractivity contribution in [2.45, 2.75) is 45.6 Å². The van der Waals surface area contributed by atoms with Crippen LogP contribution < -0.4 is 5.73 Å². The molecule has 1 fully saturated rings. The molecule has 2 N–H and O–H groups in total. The Labute approximate surface area is 144 Å². The van der Waals surface area contributed by atoms with Gasteiger partial charge >= 0.3 is 0 Å².